The quantitative estimate of drug-likeness (QED) is 0.0709. The lowest BCUT2D eigenvalue weighted by atomic mass is 9.99. The Morgan fingerprint density at radius 3 is 1.98 bits per heavy atom. The lowest BCUT2D eigenvalue weighted by Crippen LogP contribution is -2.60. The number of carbonyl (C=O) groups excluding carboxylic acids is 2. The molecule has 1 heterocycles. The first-order valence-electron chi connectivity index (χ1n) is 14.8. The molecule has 1 aliphatic heterocycles. The van der Waals surface area contributed by atoms with Crippen molar-refractivity contribution in [3.63, 3.8) is 0 Å². The van der Waals surface area contributed by atoms with Gasteiger partial charge < -0.3 is 64.5 Å². The zero-order valence-corrected chi connectivity index (χ0v) is 26.2. The maximum Gasteiger partial charge on any atom is 0.345 e. The van der Waals surface area contributed by atoms with Gasteiger partial charge in [-0.25, -0.2) is 14.4 Å². The number of carboxylic acids is 1. The number of methoxy groups -OCH3 is 1. The summed E-state index contributed by atoms with van der Waals surface area (Å²) >= 11 is 0. The zero-order chi connectivity index (χ0) is 36.5. The standard InChI is InChI=1S/C34H34O16/c1-46-24-13-17(2-8-21(24)36)5-10-28(39)47-16-27-30(41)31(42)32(43)34(50-27)49-25-14-18(3-9-22(25)37)6-11-29(40)48-26(33(44)45)15-19-4-7-20(35)23(38)12-19/h2-14,26-27,30-32,34-38,41-43H,15-16H2,1H3,(H,44,45)/b10-5+,11-6+/t26-,27-,30-,31+,32-,34-/m1/s1. The van der Waals surface area contributed by atoms with Gasteiger partial charge in [0.15, 0.2) is 34.5 Å². The number of aliphatic hydroxyl groups is 3. The molecule has 0 radical (unpaired) electrons. The summed E-state index contributed by atoms with van der Waals surface area (Å²) in [5.41, 5.74) is 1.02. The van der Waals surface area contributed by atoms with Crippen molar-refractivity contribution in [1.82, 2.24) is 0 Å². The fraction of sp³-hybridized carbons (Fsp3) is 0.265. The first-order chi connectivity index (χ1) is 23.7. The monoisotopic (exact) mass is 698 g/mol. The normalized spacial score (nSPS) is 21.1. The molecule has 0 amide bonds. The second-order valence-corrected chi connectivity index (χ2v) is 10.9. The fourth-order valence-electron chi connectivity index (χ4n) is 4.61. The smallest absolute Gasteiger partial charge is 0.345 e. The molecule has 6 atom stereocenters. The van der Waals surface area contributed by atoms with Gasteiger partial charge in [-0.1, -0.05) is 18.2 Å². The number of hydrogen-bond acceptors (Lipinski definition) is 15. The van der Waals surface area contributed by atoms with Crippen LogP contribution in [0.25, 0.3) is 12.2 Å². The van der Waals surface area contributed by atoms with E-state index in [9.17, 15) is 55.2 Å². The molecule has 1 fully saturated rings. The van der Waals surface area contributed by atoms with Crippen molar-refractivity contribution in [1.29, 1.82) is 0 Å². The Morgan fingerprint density at radius 1 is 0.760 bits per heavy atom. The van der Waals surface area contributed by atoms with Gasteiger partial charge in [0.2, 0.25) is 12.4 Å². The highest BCUT2D eigenvalue weighted by Crippen LogP contribution is 2.32. The van der Waals surface area contributed by atoms with E-state index in [0.29, 0.717) is 5.56 Å². The second kappa shape index (κ2) is 16.5. The van der Waals surface area contributed by atoms with E-state index in [2.05, 4.69) is 0 Å². The van der Waals surface area contributed by atoms with Gasteiger partial charge in [0.25, 0.3) is 0 Å². The van der Waals surface area contributed by atoms with E-state index in [1.165, 1.54) is 61.7 Å². The molecule has 0 aromatic heterocycles. The number of aliphatic hydroxyl groups excluding tert-OH is 3. The van der Waals surface area contributed by atoms with Crippen molar-refractivity contribution in [2.75, 3.05) is 13.7 Å². The number of esters is 2. The first-order valence-corrected chi connectivity index (χ1v) is 14.8. The number of aliphatic carboxylic acids is 1. The number of hydrogen-bond donors (Lipinski definition) is 8. The number of aromatic hydroxyl groups is 4. The predicted molar refractivity (Wildman–Crippen MR) is 170 cm³/mol. The molecule has 1 saturated heterocycles. The molecule has 8 N–H and O–H groups in total. The maximum atomic E-state index is 12.4. The molecule has 266 valence electrons. The summed E-state index contributed by atoms with van der Waals surface area (Å²) in [5, 5.41) is 79.9. The Hall–Kier alpha value is -5.81. The van der Waals surface area contributed by atoms with Gasteiger partial charge in [-0.05, 0) is 65.2 Å². The van der Waals surface area contributed by atoms with Gasteiger partial charge in [-0.3, -0.25) is 0 Å². The lowest BCUT2D eigenvalue weighted by Gasteiger charge is -2.39. The maximum absolute atomic E-state index is 12.4. The Labute approximate surface area is 283 Å². The number of phenols is 4. The summed E-state index contributed by atoms with van der Waals surface area (Å²) in [7, 11) is 1.36. The van der Waals surface area contributed by atoms with Gasteiger partial charge in [-0.2, -0.15) is 0 Å². The van der Waals surface area contributed by atoms with E-state index in [-0.39, 0.29) is 34.8 Å². The highest BCUT2D eigenvalue weighted by atomic mass is 16.7. The molecule has 1 aliphatic rings. The zero-order valence-electron chi connectivity index (χ0n) is 26.2. The predicted octanol–water partition coefficient (Wildman–Crippen LogP) is 1.21. The average molecular weight is 699 g/mol. The minimum absolute atomic E-state index is 0.0945. The minimum atomic E-state index is -1.82. The highest BCUT2D eigenvalue weighted by Gasteiger charge is 2.45. The minimum Gasteiger partial charge on any atom is -0.504 e. The summed E-state index contributed by atoms with van der Waals surface area (Å²) in [5.74, 6) is -4.88. The number of ether oxygens (including phenoxy) is 5. The van der Waals surface area contributed by atoms with Crippen molar-refractivity contribution >= 4 is 30.1 Å². The first kappa shape index (κ1) is 37.0. The van der Waals surface area contributed by atoms with Crippen LogP contribution < -0.4 is 9.47 Å². The van der Waals surface area contributed by atoms with Crippen molar-refractivity contribution < 1.29 is 78.9 Å². The van der Waals surface area contributed by atoms with Crippen LogP contribution in [0.15, 0.2) is 66.7 Å². The number of carboxylic acid groups (broad SMARTS) is 1. The summed E-state index contributed by atoms with van der Waals surface area (Å²) in [6.45, 7) is -0.574. The summed E-state index contributed by atoms with van der Waals surface area (Å²) in [4.78, 5) is 36.4. The third-order valence-electron chi connectivity index (χ3n) is 7.31. The van der Waals surface area contributed by atoms with Crippen molar-refractivity contribution in [2.45, 2.75) is 43.2 Å². The van der Waals surface area contributed by atoms with Gasteiger partial charge in [0.1, 0.15) is 31.0 Å². The van der Waals surface area contributed by atoms with Crippen LogP contribution in [0.2, 0.25) is 0 Å². The topological polar surface area (TPSA) is 259 Å². The van der Waals surface area contributed by atoms with Gasteiger partial charge >= 0.3 is 17.9 Å². The molecule has 16 heteroatoms. The molecule has 0 aliphatic carbocycles. The van der Waals surface area contributed by atoms with Crippen molar-refractivity contribution in [3.8, 4) is 34.5 Å². The number of benzene rings is 3. The molecule has 50 heavy (non-hydrogen) atoms. The largest absolute Gasteiger partial charge is 0.504 e. The highest BCUT2D eigenvalue weighted by molar-refractivity contribution is 5.89. The van der Waals surface area contributed by atoms with Crippen LogP contribution in [0.5, 0.6) is 34.5 Å². The summed E-state index contributed by atoms with van der Waals surface area (Å²) in [6, 6.07) is 11.8. The molecule has 0 spiro atoms. The van der Waals surface area contributed by atoms with Crippen LogP contribution in [0.1, 0.15) is 16.7 Å². The molecule has 16 nitrogen and oxygen atoms in total. The Kier molecular flexibility index (Phi) is 12.2. The van der Waals surface area contributed by atoms with Crippen molar-refractivity contribution in [2.24, 2.45) is 0 Å². The number of phenolic OH excluding ortho intramolecular Hbond substituents is 4. The molecule has 4 rings (SSSR count). The van der Waals surface area contributed by atoms with E-state index >= 15 is 0 Å². The average Bonchev–Trinajstić information content (AvgIpc) is 3.09. The number of carbonyl (C=O) groups is 3. The van der Waals surface area contributed by atoms with Crippen molar-refractivity contribution in [3.05, 3.63) is 83.4 Å². The molecule has 3 aromatic carbocycles. The third-order valence-corrected chi connectivity index (χ3v) is 7.31. The van der Waals surface area contributed by atoms with Gasteiger partial charge in [0.05, 0.1) is 7.11 Å². The summed E-state index contributed by atoms with van der Waals surface area (Å²) in [6.07, 6.45) is -5.77. The van der Waals surface area contributed by atoms with Crippen LogP contribution in [-0.2, 0) is 35.0 Å². The van der Waals surface area contributed by atoms with Crippen LogP contribution in [0, 0.1) is 0 Å². The molecule has 0 saturated carbocycles. The van der Waals surface area contributed by atoms with Crippen LogP contribution >= 0.6 is 0 Å². The van der Waals surface area contributed by atoms with E-state index in [1.807, 2.05) is 0 Å². The molecule has 0 unspecified atom stereocenters. The Bertz CT molecular complexity index is 1750. The fourth-order valence-corrected chi connectivity index (χ4v) is 4.61. The van der Waals surface area contributed by atoms with E-state index < -0.39 is 78.6 Å². The number of rotatable bonds is 13. The second-order valence-electron chi connectivity index (χ2n) is 10.9. The third kappa shape index (κ3) is 9.64. The van der Waals surface area contributed by atoms with Gasteiger partial charge in [-0.15, -0.1) is 0 Å². The van der Waals surface area contributed by atoms with E-state index in [0.717, 1.165) is 24.3 Å². The lowest BCUT2D eigenvalue weighted by molar-refractivity contribution is -0.278. The van der Waals surface area contributed by atoms with E-state index in [4.69, 9.17) is 23.7 Å². The van der Waals surface area contributed by atoms with Crippen LogP contribution in [0.3, 0.4) is 0 Å². The SMILES string of the molecule is COc1cc(/C=C/C(=O)OC[C@H]2O[C@@H](Oc3cc(/C=C/C(=O)O[C@H](Cc4ccc(O)c(O)c4)C(=O)O)ccc3O)[C@H](O)[C@@H](O)[C@@H]2O)ccc1O. The van der Waals surface area contributed by atoms with E-state index in [1.54, 1.807) is 0 Å². The summed E-state index contributed by atoms with van der Waals surface area (Å²) < 4.78 is 26.3. The van der Waals surface area contributed by atoms with Gasteiger partial charge in [0, 0.05) is 18.6 Å². The Morgan fingerprint density at radius 2 is 1.36 bits per heavy atom. The molecule has 0 bridgehead atoms. The molecule has 3 aromatic rings. The van der Waals surface area contributed by atoms with Crippen LogP contribution in [0.4, 0.5) is 0 Å². The molecular formula is C34H34O16. The van der Waals surface area contributed by atoms with Crippen LogP contribution in [-0.4, -0.2) is 109 Å². The Balaban J connectivity index is 1.37. The molecular weight excluding hydrogens is 664 g/mol.